The molecule has 0 aromatic carbocycles. The molecule has 0 radical (unpaired) electrons. The van der Waals surface area contributed by atoms with E-state index in [1.165, 1.54) is 70.5 Å². The Morgan fingerprint density at radius 1 is 0.741 bits per heavy atom. The van der Waals surface area contributed by atoms with Crippen molar-refractivity contribution in [2.45, 2.75) is 90.9 Å². The van der Waals surface area contributed by atoms with Crippen molar-refractivity contribution in [3.63, 3.8) is 0 Å². The van der Waals surface area contributed by atoms with Gasteiger partial charge >= 0.3 is 7.82 Å². The van der Waals surface area contributed by atoms with Gasteiger partial charge in [-0.3, -0.25) is 0 Å². The van der Waals surface area contributed by atoms with Gasteiger partial charge in [-0.25, -0.2) is 9.45 Å². The molecular weight excluding hydrogens is 379 g/mol. The molecule has 0 aromatic rings. The second kappa shape index (κ2) is 23.5. The molecule has 0 saturated heterocycles. The Hall–Kier alpha value is -0.510. The second-order valence-corrected chi connectivity index (χ2v) is 7.02. The van der Waals surface area contributed by atoms with E-state index in [0.717, 1.165) is 12.8 Å². The number of phosphoric acid groups is 1. The van der Waals surface area contributed by atoms with Crippen molar-refractivity contribution < 1.29 is 44.1 Å². The fourth-order valence-corrected chi connectivity index (χ4v) is 2.16. The Bertz CT molecular complexity index is 339. The van der Waals surface area contributed by atoms with E-state index < -0.39 is 7.82 Å². The molecule has 0 saturated carbocycles. The van der Waals surface area contributed by atoms with Crippen LogP contribution in [-0.2, 0) is 29.5 Å². The Kier molecular flexibility index (Phi) is 25.0. The van der Waals surface area contributed by atoms with Gasteiger partial charge in [-0.15, -0.1) is 0 Å². The molecule has 0 fully saturated rings. The van der Waals surface area contributed by atoms with Gasteiger partial charge in [0.2, 0.25) is 0 Å². The first-order chi connectivity index (χ1) is 12.9. The van der Waals surface area contributed by atoms with Gasteiger partial charge in [0.05, 0.1) is 6.61 Å². The van der Waals surface area contributed by atoms with Crippen molar-refractivity contribution in [3.05, 3.63) is 12.3 Å². The van der Waals surface area contributed by atoms with Gasteiger partial charge in [0.1, 0.15) is 6.26 Å². The second-order valence-electron chi connectivity index (χ2n) is 5.99. The molecule has 0 aliphatic rings. The third-order valence-corrected chi connectivity index (χ3v) is 3.42. The molecule has 9 nitrogen and oxygen atoms in total. The normalized spacial score (nSPS) is 11.4. The highest BCUT2D eigenvalue weighted by molar-refractivity contribution is 7.45. The molecule has 3 N–H and O–H groups in total. The molecule has 27 heavy (non-hydrogen) atoms. The predicted molar refractivity (Wildman–Crippen MR) is 100 cm³/mol. The minimum Gasteiger partial charge on any atom is -0.314 e. The smallest absolute Gasteiger partial charge is 0.314 e. The molecule has 0 spiro atoms. The van der Waals surface area contributed by atoms with E-state index in [2.05, 4.69) is 26.9 Å². The maximum absolute atomic E-state index is 8.88. The minimum atomic E-state index is -4.64. The average Bonchev–Trinajstić information content (AvgIpc) is 2.59. The van der Waals surface area contributed by atoms with Crippen LogP contribution in [0, 0.1) is 0 Å². The fourth-order valence-electron chi connectivity index (χ4n) is 2.16. The first-order valence-corrected chi connectivity index (χ1v) is 11.2. The van der Waals surface area contributed by atoms with Gasteiger partial charge in [0.25, 0.3) is 0 Å². The van der Waals surface area contributed by atoms with Gasteiger partial charge in [-0.2, -0.15) is 0 Å². The lowest BCUT2D eigenvalue weighted by Gasteiger charge is -2.03. The number of hydrogen-bond acceptors (Lipinski definition) is 6. The monoisotopic (exact) mass is 416 g/mol. The van der Waals surface area contributed by atoms with Gasteiger partial charge in [0, 0.05) is 10.1 Å². The number of rotatable bonds is 18. The van der Waals surface area contributed by atoms with Crippen LogP contribution in [-0.4, -0.2) is 21.3 Å². The summed E-state index contributed by atoms with van der Waals surface area (Å²) < 4.78 is 8.88. The zero-order valence-corrected chi connectivity index (χ0v) is 17.5. The number of allylic oxidation sites excluding steroid dienone is 1. The Balaban J connectivity index is 0. The third-order valence-electron chi connectivity index (χ3n) is 3.42. The van der Waals surface area contributed by atoms with Gasteiger partial charge < -0.3 is 19.6 Å². The summed E-state index contributed by atoms with van der Waals surface area (Å²) in [7, 11) is -4.64. The predicted octanol–water partition coefficient (Wildman–Crippen LogP) is 5.04. The molecule has 0 aromatic heterocycles. The van der Waals surface area contributed by atoms with Crippen molar-refractivity contribution in [2.24, 2.45) is 0 Å². The zero-order valence-electron chi connectivity index (χ0n) is 16.6. The van der Waals surface area contributed by atoms with Crippen LogP contribution in [0.4, 0.5) is 0 Å². The summed E-state index contributed by atoms with van der Waals surface area (Å²) in [5, 5.41) is 12.6. The Morgan fingerprint density at radius 2 is 1.19 bits per heavy atom. The van der Waals surface area contributed by atoms with E-state index in [1.807, 2.05) is 0 Å². The Labute approximate surface area is 162 Å². The maximum Gasteiger partial charge on any atom is 0.466 e. The zero-order chi connectivity index (χ0) is 20.6. The summed E-state index contributed by atoms with van der Waals surface area (Å²) in [5.74, 6) is 0. The molecule has 0 unspecified atom stereocenters. The van der Waals surface area contributed by atoms with Crippen LogP contribution in [0.2, 0.25) is 0 Å². The van der Waals surface area contributed by atoms with Crippen LogP contribution >= 0.6 is 7.82 Å². The van der Waals surface area contributed by atoms with Crippen LogP contribution in [0.25, 0.3) is 0 Å². The first kappa shape index (κ1) is 28.7. The summed E-state index contributed by atoms with van der Waals surface area (Å²) >= 11 is 0. The highest BCUT2D eigenvalue weighted by atomic mass is 31.2. The van der Waals surface area contributed by atoms with Crippen molar-refractivity contribution >= 4 is 7.82 Å². The lowest BCUT2D eigenvalue weighted by Crippen LogP contribution is -1.99. The van der Waals surface area contributed by atoms with Gasteiger partial charge in [-0.05, 0) is 24.5 Å². The molecule has 0 amide bonds. The molecule has 0 aliphatic heterocycles. The van der Waals surface area contributed by atoms with Crippen LogP contribution < -0.4 is 0 Å². The summed E-state index contributed by atoms with van der Waals surface area (Å²) in [4.78, 5) is 30.7. The van der Waals surface area contributed by atoms with Crippen LogP contribution in [0.3, 0.4) is 0 Å². The summed E-state index contributed by atoms with van der Waals surface area (Å²) in [6.45, 7) is 4.54. The lowest BCUT2D eigenvalue weighted by molar-refractivity contribution is -0.700. The van der Waals surface area contributed by atoms with E-state index in [-0.39, 0.29) is 0 Å². The molecule has 0 aliphatic carbocycles. The lowest BCUT2D eigenvalue weighted by atomic mass is 10.1. The average molecular weight is 416 g/mol. The highest BCUT2D eigenvalue weighted by Gasteiger charge is 2.00. The molecular formula is C17H37O9P. The van der Waals surface area contributed by atoms with Crippen molar-refractivity contribution in [1.82, 2.24) is 0 Å². The summed E-state index contributed by atoms with van der Waals surface area (Å²) in [5.41, 5.74) is 0. The van der Waals surface area contributed by atoms with Crippen molar-refractivity contribution in [3.8, 4) is 0 Å². The quantitative estimate of drug-likeness (QED) is 0.0927. The Morgan fingerprint density at radius 3 is 1.63 bits per heavy atom. The van der Waals surface area contributed by atoms with E-state index in [9.17, 15) is 0 Å². The molecule has 0 rings (SSSR count). The standard InChI is InChI=1S/C17H34O5.H3O4P/c1-3-5-6-7-8-9-10-11-12-13-14-15-17-19-21-22-20-18-16-4-2;1-5(2,3)4/h4,16H,3,5-15,17H2,1-2H3;(H3,1,2,3,4). The van der Waals surface area contributed by atoms with E-state index >= 15 is 0 Å². The maximum atomic E-state index is 8.88. The molecule has 0 bridgehead atoms. The van der Waals surface area contributed by atoms with E-state index in [1.54, 1.807) is 13.0 Å². The number of hydrogen-bond donors (Lipinski definition) is 3. The SMILES string of the molecule is CC=COOOOOCCCCCCCCCCCCCC.O=P(O)(O)O. The van der Waals surface area contributed by atoms with Crippen LogP contribution in [0.5, 0.6) is 0 Å². The van der Waals surface area contributed by atoms with Crippen LogP contribution in [0.15, 0.2) is 12.3 Å². The van der Waals surface area contributed by atoms with Crippen molar-refractivity contribution in [2.75, 3.05) is 6.61 Å². The van der Waals surface area contributed by atoms with Crippen LogP contribution in [0.1, 0.15) is 90.9 Å². The summed E-state index contributed by atoms with van der Waals surface area (Å²) in [6, 6.07) is 0. The summed E-state index contributed by atoms with van der Waals surface area (Å²) in [6.07, 6.45) is 18.7. The van der Waals surface area contributed by atoms with Gasteiger partial charge in [-0.1, -0.05) is 77.6 Å². The molecule has 164 valence electrons. The van der Waals surface area contributed by atoms with Crippen molar-refractivity contribution in [1.29, 1.82) is 0 Å². The first-order valence-electron chi connectivity index (χ1n) is 9.59. The highest BCUT2D eigenvalue weighted by Crippen LogP contribution is 2.25. The van der Waals surface area contributed by atoms with E-state index in [4.69, 9.17) is 24.1 Å². The fraction of sp³-hybridized carbons (Fsp3) is 0.882. The third kappa shape index (κ3) is 41.1. The van der Waals surface area contributed by atoms with Gasteiger partial charge in [0.15, 0.2) is 0 Å². The molecule has 10 heteroatoms. The largest absolute Gasteiger partial charge is 0.466 e. The molecule has 0 atom stereocenters. The molecule has 0 heterocycles. The number of unbranched alkanes of at least 4 members (excludes halogenated alkanes) is 11. The minimum absolute atomic E-state index is 0.490. The van der Waals surface area contributed by atoms with E-state index in [0.29, 0.717) is 6.61 Å². The topological polar surface area (TPSA) is 124 Å².